The second-order valence-electron chi connectivity index (χ2n) is 5.51. The highest BCUT2D eigenvalue weighted by Crippen LogP contribution is 2.17. The molecule has 1 fully saturated rings. The van der Waals surface area contributed by atoms with Gasteiger partial charge in [-0.1, -0.05) is 18.0 Å². The SMILES string of the molecule is CCN(CC1CCCCN1)C(=O)c1cc(C)cc(Cl)c1. The molecular formula is C16H23ClN2O. The van der Waals surface area contributed by atoms with Crippen molar-refractivity contribution in [1.82, 2.24) is 10.2 Å². The molecule has 1 aromatic rings. The first kappa shape index (κ1) is 15.3. The topological polar surface area (TPSA) is 32.3 Å². The molecule has 4 heteroatoms. The highest BCUT2D eigenvalue weighted by atomic mass is 35.5. The van der Waals surface area contributed by atoms with Gasteiger partial charge in [-0.3, -0.25) is 4.79 Å². The number of benzene rings is 1. The van der Waals surface area contributed by atoms with Crippen LogP contribution >= 0.6 is 11.6 Å². The molecule has 1 N–H and O–H groups in total. The molecule has 20 heavy (non-hydrogen) atoms. The molecule has 1 aliphatic rings. The van der Waals surface area contributed by atoms with Crippen molar-refractivity contribution in [2.75, 3.05) is 19.6 Å². The molecule has 110 valence electrons. The first-order valence-electron chi connectivity index (χ1n) is 7.40. The molecule has 1 amide bonds. The molecule has 1 aromatic carbocycles. The average molecular weight is 295 g/mol. The van der Waals surface area contributed by atoms with Crippen LogP contribution in [0, 0.1) is 6.92 Å². The van der Waals surface area contributed by atoms with Gasteiger partial charge in [0, 0.05) is 29.7 Å². The van der Waals surface area contributed by atoms with E-state index in [4.69, 9.17) is 11.6 Å². The summed E-state index contributed by atoms with van der Waals surface area (Å²) in [5.41, 5.74) is 1.71. The Bertz CT molecular complexity index is 449. The van der Waals surface area contributed by atoms with E-state index in [1.54, 1.807) is 6.07 Å². The zero-order valence-corrected chi connectivity index (χ0v) is 13.0. The van der Waals surface area contributed by atoms with Crippen molar-refractivity contribution in [2.45, 2.75) is 39.2 Å². The monoisotopic (exact) mass is 294 g/mol. The number of piperidine rings is 1. The number of aryl methyl sites for hydroxylation is 1. The Morgan fingerprint density at radius 2 is 2.20 bits per heavy atom. The molecule has 0 saturated carbocycles. The Hall–Kier alpha value is -1.06. The minimum atomic E-state index is 0.0745. The van der Waals surface area contributed by atoms with Crippen molar-refractivity contribution in [1.29, 1.82) is 0 Å². The molecule has 0 bridgehead atoms. The van der Waals surface area contributed by atoms with Crippen LogP contribution in [-0.4, -0.2) is 36.5 Å². The summed E-state index contributed by atoms with van der Waals surface area (Å²) in [6, 6.07) is 5.96. The molecule has 1 aliphatic heterocycles. The van der Waals surface area contributed by atoms with Gasteiger partial charge >= 0.3 is 0 Å². The fourth-order valence-corrected chi connectivity index (χ4v) is 3.03. The predicted molar refractivity (Wildman–Crippen MR) is 83.4 cm³/mol. The van der Waals surface area contributed by atoms with Gasteiger partial charge < -0.3 is 10.2 Å². The van der Waals surface area contributed by atoms with Gasteiger partial charge in [-0.2, -0.15) is 0 Å². The van der Waals surface area contributed by atoms with Crippen molar-refractivity contribution in [2.24, 2.45) is 0 Å². The lowest BCUT2D eigenvalue weighted by atomic mass is 10.0. The lowest BCUT2D eigenvalue weighted by molar-refractivity contribution is 0.0741. The number of carbonyl (C=O) groups excluding carboxylic acids is 1. The Balaban J connectivity index is 2.07. The molecule has 0 aromatic heterocycles. The second-order valence-corrected chi connectivity index (χ2v) is 5.94. The van der Waals surface area contributed by atoms with Crippen molar-refractivity contribution in [3.05, 3.63) is 34.3 Å². The maximum absolute atomic E-state index is 12.6. The number of hydrogen-bond donors (Lipinski definition) is 1. The number of hydrogen-bond acceptors (Lipinski definition) is 2. The van der Waals surface area contributed by atoms with Gasteiger partial charge in [-0.25, -0.2) is 0 Å². The maximum atomic E-state index is 12.6. The predicted octanol–water partition coefficient (Wildman–Crippen LogP) is 3.25. The van der Waals surface area contributed by atoms with E-state index < -0.39 is 0 Å². The zero-order valence-electron chi connectivity index (χ0n) is 12.3. The summed E-state index contributed by atoms with van der Waals surface area (Å²) < 4.78 is 0. The standard InChI is InChI=1S/C16H23ClN2O/c1-3-19(11-15-6-4-5-7-18-15)16(20)13-8-12(2)9-14(17)10-13/h8-10,15,18H,3-7,11H2,1-2H3. The quantitative estimate of drug-likeness (QED) is 0.924. The minimum absolute atomic E-state index is 0.0745. The van der Waals surface area contributed by atoms with Crippen molar-refractivity contribution in [3.63, 3.8) is 0 Å². The van der Waals surface area contributed by atoms with Gasteiger partial charge in [-0.05, 0) is 57.0 Å². The van der Waals surface area contributed by atoms with E-state index >= 15 is 0 Å². The molecule has 2 rings (SSSR count). The number of likely N-dealkylation sites (N-methyl/N-ethyl adjacent to an activating group) is 1. The molecule has 3 nitrogen and oxygen atoms in total. The highest BCUT2D eigenvalue weighted by molar-refractivity contribution is 6.31. The van der Waals surface area contributed by atoms with E-state index in [-0.39, 0.29) is 5.91 Å². The first-order chi connectivity index (χ1) is 9.60. The Labute approximate surface area is 126 Å². The fraction of sp³-hybridized carbons (Fsp3) is 0.562. The van der Waals surface area contributed by atoms with E-state index in [0.717, 1.165) is 31.6 Å². The maximum Gasteiger partial charge on any atom is 0.253 e. The largest absolute Gasteiger partial charge is 0.337 e. The number of rotatable bonds is 4. The van der Waals surface area contributed by atoms with E-state index in [0.29, 0.717) is 16.6 Å². The molecule has 0 aliphatic carbocycles. The molecule has 1 unspecified atom stereocenters. The zero-order chi connectivity index (χ0) is 14.5. The van der Waals surface area contributed by atoms with Crippen LogP contribution in [0.1, 0.15) is 42.1 Å². The second kappa shape index (κ2) is 7.09. The normalized spacial score (nSPS) is 18.9. The number of halogens is 1. The third kappa shape index (κ3) is 3.97. The Morgan fingerprint density at radius 1 is 1.40 bits per heavy atom. The number of carbonyl (C=O) groups is 1. The van der Waals surface area contributed by atoms with Gasteiger partial charge in [0.15, 0.2) is 0 Å². The lowest BCUT2D eigenvalue weighted by Crippen LogP contribution is -2.45. The Kier molecular flexibility index (Phi) is 5.44. The summed E-state index contributed by atoms with van der Waals surface area (Å²) in [7, 11) is 0. The van der Waals surface area contributed by atoms with Crippen LogP contribution in [0.2, 0.25) is 5.02 Å². The molecule has 0 spiro atoms. The third-order valence-corrected chi connectivity index (χ3v) is 4.03. The summed E-state index contributed by atoms with van der Waals surface area (Å²) in [4.78, 5) is 14.5. The van der Waals surface area contributed by atoms with Gasteiger partial charge in [0.1, 0.15) is 0 Å². The van der Waals surface area contributed by atoms with Crippen molar-refractivity contribution in [3.8, 4) is 0 Å². The summed E-state index contributed by atoms with van der Waals surface area (Å²) >= 11 is 6.05. The Morgan fingerprint density at radius 3 is 2.80 bits per heavy atom. The first-order valence-corrected chi connectivity index (χ1v) is 7.78. The van der Waals surface area contributed by atoms with Gasteiger partial charge in [0.05, 0.1) is 0 Å². The third-order valence-electron chi connectivity index (χ3n) is 3.81. The smallest absolute Gasteiger partial charge is 0.253 e. The lowest BCUT2D eigenvalue weighted by Gasteiger charge is -2.30. The summed E-state index contributed by atoms with van der Waals surface area (Å²) in [6.07, 6.45) is 3.64. The summed E-state index contributed by atoms with van der Waals surface area (Å²) in [5.74, 6) is 0.0745. The van der Waals surface area contributed by atoms with Crippen LogP contribution < -0.4 is 5.32 Å². The molecule has 1 saturated heterocycles. The van der Waals surface area contributed by atoms with Gasteiger partial charge in [0.25, 0.3) is 5.91 Å². The van der Waals surface area contributed by atoms with Gasteiger partial charge in [-0.15, -0.1) is 0 Å². The van der Waals surface area contributed by atoms with Crippen molar-refractivity contribution < 1.29 is 4.79 Å². The van der Waals surface area contributed by atoms with Crippen LogP contribution in [0.25, 0.3) is 0 Å². The van der Waals surface area contributed by atoms with E-state index in [2.05, 4.69) is 5.32 Å². The van der Waals surface area contributed by atoms with Crippen LogP contribution in [0.5, 0.6) is 0 Å². The van der Waals surface area contributed by atoms with Crippen LogP contribution in [0.3, 0.4) is 0 Å². The van der Waals surface area contributed by atoms with E-state index in [9.17, 15) is 4.79 Å². The van der Waals surface area contributed by atoms with Crippen LogP contribution in [-0.2, 0) is 0 Å². The average Bonchev–Trinajstić information content (AvgIpc) is 2.44. The summed E-state index contributed by atoms with van der Waals surface area (Å²) in [5, 5.41) is 4.12. The van der Waals surface area contributed by atoms with Gasteiger partial charge in [0.2, 0.25) is 0 Å². The number of nitrogens with one attached hydrogen (secondary N) is 1. The van der Waals surface area contributed by atoms with E-state index in [1.807, 2.05) is 30.9 Å². The summed E-state index contributed by atoms with van der Waals surface area (Å²) in [6.45, 7) is 6.55. The fourth-order valence-electron chi connectivity index (χ4n) is 2.74. The molecule has 0 radical (unpaired) electrons. The number of nitrogens with zero attached hydrogens (tertiary/aromatic N) is 1. The number of amides is 1. The van der Waals surface area contributed by atoms with Crippen LogP contribution in [0.15, 0.2) is 18.2 Å². The van der Waals surface area contributed by atoms with E-state index in [1.165, 1.54) is 12.8 Å². The molecule has 1 heterocycles. The molecular weight excluding hydrogens is 272 g/mol. The van der Waals surface area contributed by atoms with Crippen molar-refractivity contribution >= 4 is 17.5 Å². The minimum Gasteiger partial charge on any atom is -0.337 e. The highest BCUT2D eigenvalue weighted by Gasteiger charge is 2.20. The van der Waals surface area contributed by atoms with Crippen LogP contribution in [0.4, 0.5) is 0 Å². The molecule has 1 atom stereocenters.